The monoisotopic (exact) mass is 341 g/mol. The van der Waals surface area contributed by atoms with Gasteiger partial charge < -0.3 is 20.1 Å². The van der Waals surface area contributed by atoms with E-state index in [4.69, 9.17) is 9.47 Å². The zero-order chi connectivity index (χ0) is 17.5. The lowest BCUT2D eigenvalue weighted by Crippen LogP contribution is -2.43. The van der Waals surface area contributed by atoms with Gasteiger partial charge in [-0.15, -0.1) is 0 Å². The smallest absolute Gasteiger partial charge is 0.241 e. The molecule has 2 N–H and O–H groups in total. The van der Waals surface area contributed by atoms with Crippen LogP contribution in [-0.2, 0) is 11.4 Å². The molecule has 0 aliphatic carbocycles. The van der Waals surface area contributed by atoms with Crippen LogP contribution >= 0.6 is 0 Å². The van der Waals surface area contributed by atoms with Gasteiger partial charge >= 0.3 is 0 Å². The van der Waals surface area contributed by atoms with Crippen molar-refractivity contribution in [3.8, 4) is 11.5 Å². The average Bonchev–Trinajstić information content (AvgIpc) is 2.68. The lowest BCUT2D eigenvalue weighted by molar-refractivity contribution is -0.118. The van der Waals surface area contributed by atoms with Crippen LogP contribution < -0.4 is 20.1 Å². The highest BCUT2D eigenvalue weighted by atomic mass is 16.5. The summed E-state index contributed by atoms with van der Waals surface area (Å²) in [6.45, 7) is 1.29. The maximum Gasteiger partial charge on any atom is 0.241 e. The predicted octanol–water partition coefficient (Wildman–Crippen LogP) is 2.75. The first-order valence-electron chi connectivity index (χ1n) is 8.50. The van der Waals surface area contributed by atoms with Gasteiger partial charge in [0.25, 0.3) is 0 Å². The molecule has 2 aromatic rings. The normalized spacial score (nSPS) is 16.9. The molecule has 1 aliphatic rings. The quantitative estimate of drug-likeness (QED) is 0.845. The molecule has 3 rings (SSSR count). The second kappa shape index (κ2) is 8.48. The Kier molecular flexibility index (Phi) is 5.85. The average molecular weight is 341 g/mol. The van der Waals surface area contributed by atoms with Crippen LogP contribution in [0.25, 0.3) is 0 Å². The van der Waals surface area contributed by atoms with Gasteiger partial charge in [0.2, 0.25) is 5.91 Å². The van der Waals surface area contributed by atoms with Crippen LogP contribution in [0.3, 0.4) is 0 Å². The molecule has 6 heteroatoms. The number of rotatable bonds is 6. The standard InChI is InChI=1S/C19H23N3O3/c1-24-17-6-5-15(22-19(23)16-4-2-3-9-21-16)12-18(17)25-13-14-7-10-20-11-8-14/h5-8,10-12,16,21H,2-4,9,13H2,1H3,(H,22,23). The maximum atomic E-state index is 12.4. The molecule has 0 saturated carbocycles. The fraction of sp³-hybridized carbons (Fsp3) is 0.368. The number of carbonyl (C=O) groups is 1. The third kappa shape index (κ3) is 4.70. The van der Waals surface area contributed by atoms with Gasteiger partial charge in [-0.3, -0.25) is 9.78 Å². The lowest BCUT2D eigenvalue weighted by Gasteiger charge is -2.22. The molecule has 1 aromatic carbocycles. The third-order valence-electron chi connectivity index (χ3n) is 4.20. The first kappa shape index (κ1) is 17.2. The van der Waals surface area contributed by atoms with E-state index in [9.17, 15) is 4.79 Å². The van der Waals surface area contributed by atoms with Gasteiger partial charge in [-0.05, 0) is 49.2 Å². The topological polar surface area (TPSA) is 72.5 Å². The number of anilines is 1. The van der Waals surface area contributed by atoms with Gasteiger partial charge in [-0.25, -0.2) is 0 Å². The molecule has 6 nitrogen and oxygen atoms in total. The Labute approximate surface area is 147 Å². The summed E-state index contributed by atoms with van der Waals surface area (Å²) in [6.07, 6.45) is 6.52. The summed E-state index contributed by atoms with van der Waals surface area (Å²) in [5.41, 5.74) is 1.71. The Hall–Kier alpha value is -2.60. The van der Waals surface area contributed by atoms with Crippen molar-refractivity contribution in [3.05, 3.63) is 48.3 Å². The summed E-state index contributed by atoms with van der Waals surface area (Å²) in [5, 5.41) is 6.20. The zero-order valence-corrected chi connectivity index (χ0v) is 14.3. The lowest BCUT2D eigenvalue weighted by atomic mass is 10.0. The highest BCUT2D eigenvalue weighted by Crippen LogP contribution is 2.31. The number of hydrogen-bond acceptors (Lipinski definition) is 5. The third-order valence-corrected chi connectivity index (χ3v) is 4.20. The number of carbonyl (C=O) groups excluding carboxylic acids is 1. The fourth-order valence-corrected chi connectivity index (χ4v) is 2.81. The molecule has 2 heterocycles. The van der Waals surface area contributed by atoms with Crippen LogP contribution in [0.5, 0.6) is 11.5 Å². The van der Waals surface area contributed by atoms with E-state index in [1.807, 2.05) is 18.2 Å². The second-order valence-electron chi connectivity index (χ2n) is 6.00. The summed E-state index contributed by atoms with van der Waals surface area (Å²) >= 11 is 0. The minimum absolute atomic E-state index is 0.00931. The Morgan fingerprint density at radius 2 is 2.08 bits per heavy atom. The molecule has 1 unspecified atom stereocenters. The largest absolute Gasteiger partial charge is 0.493 e. The van der Waals surface area contributed by atoms with Crippen LogP contribution in [0.15, 0.2) is 42.7 Å². The van der Waals surface area contributed by atoms with Crippen molar-refractivity contribution in [3.63, 3.8) is 0 Å². The van der Waals surface area contributed by atoms with E-state index in [-0.39, 0.29) is 11.9 Å². The zero-order valence-electron chi connectivity index (χ0n) is 14.3. The predicted molar refractivity (Wildman–Crippen MR) is 95.8 cm³/mol. The van der Waals surface area contributed by atoms with Crippen LogP contribution in [-0.4, -0.2) is 30.6 Å². The highest BCUT2D eigenvalue weighted by Gasteiger charge is 2.20. The van der Waals surface area contributed by atoms with E-state index in [0.29, 0.717) is 23.8 Å². The SMILES string of the molecule is COc1ccc(NC(=O)C2CCCCN2)cc1OCc1ccncc1. The molecule has 0 radical (unpaired) electrons. The first-order valence-corrected chi connectivity index (χ1v) is 8.50. The Bertz CT molecular complexity index is 700. The van der Waals surface area contributed by atoms with E-state index in [0.717, 1.165) is 31.4 Å². The van der Waals surface area contributed by atoms with Gasteiger partial charge in [-0.1, -0.05) is 6.42 Å². The minimum Gasteiger partial charge on any atom is -0.493 e. The maximum absolute atomic E-state index is 12.4. The van der Waals surface area contributed by atoms with Crippen molar-refractivity contribution < 1.29 is 14.3 Å². The van der Waals surface area contributed by atoms with Gasteiger partial charge in [0.15, 0.2) is 11.5 Å². The Balaban J connectivity index is 1.67. The number of pyridine rings is 1. The van der Waals surface area contributed by atoms with Gasteiger partial charge in [-0.2, -0.15) is 0 Å². The fourth-order valence-electron chi connectivity index (χ4n) is 2.81. The van der Waals surface area contributed by atoms with Crippen LogP contribution in [0.1, 0.15) is 24.8 Å². The number of methoxy groups -OCH3 is 1. The second-order valence-corrected chi connectivity index (χ2v) is 6.00. The number of benzene rings is 1. The molecule has 1 amide bonds. The molecular formula is C19H23N3O3. The van der Waals surface area contributed by atoms with E-state index < -0.39 is 0 Å². The van der Waals surface area contributed by atoms with Crippen LogP contribution in [0.2, 0.25) is 0 Å². The van der Waals surface area contributed by atoms with E-state index in [1.165, 1.54) is 0 Å². The van der Waals surface area contributed by atoms with Crippen LogP contribution in [0, 0.1) is 0 Å². The summed E-state index contributed by atoms with van der Waals surface area (Å²) in [6, 6.07) is 9.07. The number of hydrogen-bond donors (Lipinski definition) is 2. The molecule has 0 bridgehead atoms. The molecule has 1 atom stereocenters. The molecule has 132 valence electrons. The van der Waals surface area contributed by atoms with Crippen LogP contribution in [0.4, 0.5) is 5.69 Å². The van der Waals surface area contributed by atoms with Gasteiger partial charge in [0.1, 0.15) is 6.61 Å². The number of nitrogens with one attached hydrogen (secondary N) is 2. The molecule has 1 aliphatic heterocycles. The number of piperidine rings is 1. The van der Waals surface area contributed by atoms with Crippen molar-refractivity contribution in [2.45, 2.75) is 31.9 Å². The summed E-state index contributed by atoms with van der Waals surface area (Å²) in [7, 11) is 1.60. The van der Waals surface area contributed by atoms with Gasteiger partial charge in [0.05, 0.1) is 13.2 Å². The summed E-state index contributed by atoms with van der Waals surface area (Å²) in [4.78, 5) is 16.4. The number of ether oxygens (including phenoxy) is 2. The highest BCUT2D eigenvalue weighted by molar-refractivity contribution is 5.95. The van der Waals surface area contributed by atoms with E-state index in [2.05, 4.69) is 15.6 Å². The molecule has 0 spiro atoms. The Morgan fingerprint density at radius 3 is 2.80 bits per heavy atom. The minimum atomic E-state index is -0.128. The number of nitrogens with zero attached hydrogens (tertiary/aromatic N) is 1. The van der Waals surface area contributed by atoms with Crippen molar-refractivity contribution in [1.29, 1.82) is 0 Å². The number of amides is 1. The van der Waals surface area contributed by atoms with Crippen molar-refractivity contribution in [2.75, 3.05) is 19.0 Å². The van der Waals surface area contributed by atoms with E-state index >= 15 is 0 Å². The summed E-state index contributed by atoms with van der Waals surface area (Å²) in [5.74, 6) is 1.21. The van der Waals surface area contributed by atoms with E-state index in [1.54, 1.807) is 31.6 Å². The van der Waals surface area contributed by atoms with Crippen molar-refractivity contribution in [2.24, 2.45) is 0 Å². The first-order chi connectivity index (χ1) is 12.3. The van der Waals surface area contributed by atoms with Crippen molar-refractivity contribution in [1.82, 2.24) is 10.3 Å². The Morgan fingerprint density at radius 1 is 1.24 bits per heavy atom. The molecule has 1 aromatic heterocycles. The van der Waals surface area contributed by atoms with Crippen molar-refractivity contribution >= 4 is 11.6 Å². The molecule has 1 saturated heterocycles. The molecular weight excluding hydrogens is 318 g/mol. The summed E-state index contributed by atoms with van der Waals surface area (Å²) < 4.78 is 11.2. The van der Waals surface area contributed by atoms with Gasteiger partial charge in [0, 0.05) is 24.1 Å². The number of aromatic nitrogens is 1. The molecule has 1 fully saturated rings. The molecule has 25 heavy (non-hydrogen) atoms.